The number of hydrogen-bond donors (Lipinski definition) is 2. The lowest BCUT2D eigenvalue weighted by Crippen LogP contribution is -2.16. The van der Waals surface area contributed by atoms with Crippen LogP contribution in [0.3, 0.4) is 0 Å². The molecule has 20 heavy (non-hydrogen) atoms. The van der Waals surface area contributed by atoms with E-state index in [2.05, 4.69) is 5.32 Å². The fraction of sp³-hybridized carbons (Fsp3) is 0.250. The molecule has 0 saturated heterocycles. The van der Waals surface area contributed by atoms with Crippen LogP contribution in [-0.2, 0) is 0 Å². The number of methoxy groups -OCH3 is 1. The van der Waals surface area contributed by atoms with Crippen molar-refractivity contribution < 1.29 is 9.84 Å². The molecule has 0 saturated carbocycles. The zero-order valence-corrected chi connectivity index (χ0v) is 12.3. The number of aliphatic hydroxyl groups is 1. The van der Waals surface area contributed by atoms with Crippen LogP contribution in [-0.4, -0.2) is 18.8 Å². The molecule has 2 aromatic rings. The lowest BCUT2D eigenvalue weighted by molar-refractivity contribution is 0.273. The Labute approximate surface area is 124 Å². The van der Waals surface area contributed by atoms with E-state index in [4.69, 9.17) is 16.3 Å². The Hall–Kier alpha value is -1.71. The van der Waals surface area contributed by atoms with E-state index >= 15 is 0 Å². The van der Waals surface area contributed by atoms with Crippen molar-refractivity contribution in [1.29, 1.82) is 0 Å². The van der Waals surface area contributed by atoms with E-state index in [-0.39, 0.29) is 12.6 Å². The van der Waals surface area contributed by atoms with Gasteiger partial charge in [0.25, 0.3) is 0 Å². The molecule has 0 aliphatic carbocycles. The lowest BCUT2D eigenvalue weighted by Gasteiger charge is -2.21. The predicted molar refractivity (Wildman–Crippen MR) is 82.6 cm³/mol. The molecule has 2 N–H and O–H groups in total. The summed E-state index contributed by atoms with van der Waals surface area (Å²) < 4.78 is 5.33. The summed E-state index contributed by atoms with van der Waals surface area (Å²) >= 11 is 6.24. The third-order valence-corrected chi connectivity index (χ3v) is 3.49. The maximum atomic E-state index is 9.66. The molecule has 1 unspecified atom stereocenters. The molecule has 0 spiro atoms. The quantitative estimate of drug-likeness (QED) is 0.880. The van der Waals surface area contributed by atoms with Gasteiger partial charge in [0.15, 0.2) is 0 Å². The number of rotatable bonds is 5. The Bertz CT molecular complexity index is 569. The summed E-state index contributed by atoms with van der Waals surface area (Å²) in [7, 11) is 1.59. The molecule has 0 radical (unpaired) electrons. The second kappa shape index (κ2) is 6.64. The minimum Gasteiger partial charge on any atom is -0.496 e. The van der Waals surface area contributed by atoms with Crippen LogP contribution in [0.2, 0.25) is 5.02 Å². The molecule has 1 atom stereocenters. The SMILES string of the molecule is COc1cccc(Cl)c1C(CO)Nc1ccc(C)cc1. The van der Waals surface area contributed by atoms with E-state index < -0.39 is 0 Å². The number of hydrogen-bond acceptors (Lipinski definition) is 3. The van der Waals surface area contributed by atoms with Crippen molar-refractivity contribution in [2.45, 2.75) is 13.0 Å². The summed E-state index contributed by atoms with van der Waals surface area (Å²) in [6.45, 7) is 1.96. The van der Waals surface area contributed by atoms with Gasteiger partial charge >= 0.3 is 0 Å². The number of anilines is 1. The van der Waals surface area contributed by atoms with Crippen molar-refractivity contribution in [3.8, 4) is 5.75 Å². The minimum atomic E-state index is -0.318. The monoisotopic (exact) mass is 291 g/mol. The van der Waals surface area contributed by atoms with Crippen molar-refractivity contribution >= 4 is 17.3 Å². The summed E-state index contributed by atoms with van der Waals surface area (Å²) in [5.74, 6) is 0.663. The van der Waals surface area contributed by atoms with E-state index in [0.717, 1.165) is 11.3 Å². The smallest absolute Gasteiger partial charge is 0.125 e. The second-order valence-electron chi connectivity index (χ2n) is 4.60. The van der Waals surface area contributed by atoms with Crippen LogP contribution >= 0.6 is 11.6 Å². The first-order chi connectivity index (χ1) is 9.65. The third-order valence-electron chi connectivity index (χ3n) is 3.16. The Kier molecular flexibility index (Phi) is 4.88. The normalized spacial score (nSPS) is 12.0. The fourth-order valence-corrected chi connectivity index (χ4v) is 2.39. The first-order valence-electron chi connectivity index (χ1n) is 6.42. The summed E-state index contributed by atoms with van der Waals surface area (Å²) in [6, 6.07) is 13.1. The number of nitrogens with one attached hydrogen (secondary N) is 1. The average molecular weight is 292 g/mol. The van der Waals surface area contributed by atoms with Crippen LogP contribution < -0.4 is 10.1 Å². The van der Waals surface area contributed by atoms with Crippen LogP contribution in [0.4, 0.5) is 5.69 Å². The molecular weight excluding hydrogens is 274 g/mol. The molecule has 0 heterocycles. The van der Waals surface area contributed by atoms with Gasteiger partial charge in [0.05, 0.1) is 19.8 Å². The Morgan fingerprint density at radius 3 is 2.50 bits per heavy atom. The first kappa shape index (κ1) is 14.7. The molecule has 0 bridgehead atoms. The van der Waals surface area contributed by atoms with E-state index in [0.29, 0.717) is 10.8 Å². The van der Waals surface area contributed by atoms with Gasteiger partial charge in [-0.15, -0.1) is 0 Å². The molecular formula is C16H18ClNO2. The first-order valence-corrected chi connectivity index (χ1v) is 6.80. The minimum absolute atomic E-state index is 0.0754. The molecule has 4 heteroatoms. The van der Waals surface area contributed by atoms with Gasteiger partial charge < -0.3 is 15.2 Å². The lowest BCUT2D eigenvalue weighted by atomic mass is 10.1. The maximum absolute atomic E-state index is 9.66. The van der Waals surface area contributed by atoms with Gasteiger partial charge in [0.2, 0.25) is 0 Å². The number of ether oxygens (including phenoxy) is 1. The summed E-state index contributed by atoms with van der Waals surface area (Å²) in [4.78, 5) is 0. The Balaban J connectivity index is 2.31. The number of benzene rings is 2. The van der Waals surface area contributed by atoms with E-state index in [1.807, 2.05) is 43.3 Å². The van der Waals surface area contributed by atoms with Gasteiger partial charge in [-0.3, -0.25) is 0 Å². The Morgan fingerprint density at radius 2 is 1.90 bits per heavy atom. The molecule has 0 amide bonds. The largest absolute Gasteiger partial charge is 0.496 e. The van der Waals surface area contributed by atoms with E-state index in [1.54, 1.807) is 13.2 Å². The highest BCUT2D eigenvalue weighted by Gasteiger charge is 2.18. The predicted octanol–water partition coefficient (Wildman–Crippen LogP) is 3.80. The standard InChI is InChI=1S/C16H18ClNO2/c1-11-6-8-12(9-7-11)18-14(10-19)16-13(17)4-3-5-15(16)20-2/h3-9,14,18-19H,10H2,1-2H3. The molecule has 0 aromatic heterocycles. The van der Waals surface area contributed by atoms with Gasteiger partial charge in [0.1, 0.15) is 5.75 Å². The van der Waals surface area contributed by atoms with Crippen molar-refractivity contribution in [3.05, 3.63) is 58.6 Å². The zero-order valence-electron chi connectivity index (χ0n) is 11.6. The summed E-state index contributed by atoms with van der Waals surface area (Å²) in [5.41, 5.74) is 2.88. The van der Waals surface area contributed by atoms with Crippen molar-refractivity contribution in [2.75, 3.05) is 19.0 Å². The van der Waals surface area contributed by atoms with Crippen molar-refractivity contribution in [3.63, 3.8) is 0 Å². The summed E-state index contributed by atoms with van der Waals surface area (Å²) in [6.07, 6.45) is 0. The van der Waals surface area contributed by atoms with Gasteiger partial charge in [-0.05, 0) is 31.2 Å². The molecule has 0 aliphatic heterocycles. The van der Waals surface area contributed by atoms with E-state index in [1.165, 1.54) is 5.56 Å². The zero-order chi connectivity index (χ0) is 14.5. The molecule has 0 aliphatic rings. The van der Waals surface area contributed by atoms with Gasteiger partial charge in [-0.25, -0.2) is 0 Å². The summed E-state index contributed by atoms with van der Waals surface area (Å²) in [5, 5.41) is 13.5. The third kappa shape index (κ3) is 3.24. The number of aryl methyl sites for hydroxylation is 1. The molecule has 2 aromatic carbocycles. The highest BCUT2D eigenvalue weighted by Crippen LogP contribution is 2.33. The van der Waals surface area contributed by atoms with Crippen LogP contribution in [0, 0.1) is 6.92 Å². The number of halogens is 1. The van der Waals surface area contributed by atoms with Gasteiger partial charge in [-0.1, -0.05) is 35.4 Å². The molecule has 106 valence electrons. The van der Waals surface area contributed by atoms with Crippen molar-refractivity contribution in [2.24, 2.45) is 0 Å². The van der Waals surface area contributed by atoms with E-state index in [9.17, 15) is 5.11 Å². The molecule has 2 rings (SSSR count). The fourth-order valence-electron chi connectivity index (χ4n) is 2.09. The highest BCUT2D eigenvalue weighted by atomic mass is 35.5. The topological polar surface area (TPSA) is 41.5 Å². The van der Waals surface area contributed by atoms with Crippen LogP contribution in [0.25, 0.3) is 0 Å². The van der Waals surface area contributed by atoms with Gasteiger partial charge in [0, 0.05) is 16.3 Å². The number of aliphatic hydroxyl groups excluding tert-OH is 1. The Morgan fingerprint density at radius 1 is 1.20 bits per heavy atom. The molecule has 0 fully saturated rings. The average Bonchev–Trinajstić information content (AvgIpc) is 2.47. The second-order valence-corrected chi connectivity index (χ2v) is 5.01. The maximum Gasteiger partial charge on any atom is 0.125 e. The van der Waals surface area contributed by atoms with Crippen LogP contribution in [0.1, 0.15) is 17.2 Å². The van der Waals surface area contributed by atoms with Gasteiger partial charge in [-0.2, -0.15) is 0 Å². The van der Waals surface area contributed by atoms with Crippen LogP contribution in [0.15, 0.2) is 42.5 Å². The van der Waals surface area contributed by atoms with Crippen LogP contribution in [0.5, 0.6) is 5.75 Å². The highest BCUT2D eigenvalue weighted by molar-refractivity contribution is 6.31. The van der Waals surface area contributed by atoms with Crippen molar-refractivity contribution in [1.82, 2.24) is 0 Å². The molecule has 3 nitrogen and oxygen atoms in total.